The van der Waals surface area contributed by atoms with Gasteiger partial charge in [0.1, 0.15) is 0 Å². The molecule has 0 bridgehead atoms. The Kier molecular flexibility index (Phi) is 9.75. The van der Waals surface area contributed by atoms with Crippen LogP contribution in [0.15, 0.2) is 53.4 Å². The van der Waals surface area contributed by atoms with Crippen LogP contribution in [0, 0.1) is 0 Å². The van der Waals surface area contributed by atoms with Crippen LogP contribution in [-0.2, 0) is 16.0 Å². The van der Waals surface area contributed by atoms with Crippen LogP contribution in [0.4, 0.5) is 4.79 Å². The zero-order valence-corrected chi connectivity index (χ0v) is 21.1. The molecule has 0 aliphatic carbocycles. The molecule has 35 heavy (non-hydrogen) atoms. The third-order valence-corrected chi connectivity index (χ3v) is 6.41. The van der Waals surface area contributed by atoms with Gasteiger partial charge in [0, 0.05) is 13.1 Å². The molecule has 8 nitrogen and oxygen atoms in total. The average Bonchev–Trinajstić information content (AvgIpc) is 3.11. The van der Waals surface area contributed by atoms with Crippen LogP contribution in [0.5, 0.6) is 11.5 Å². The first kappa shape index (κ1) is 26.3. The van der Waals surface area contributed by atoms with E-state index in [1.165, 1.54) is 12.7 Å². The lowest BCUT2D eigenvalue weighted by atomic mass is 10.1. The summed E-state index contributed by atoms with van der Waals surface area (Å²) in [5.74, 6) is 0.602. The van der Waals surface area contributed by atoms with Crippen molar-refractivity contribution < 1.29 is 23.9 Å². The van der Waals surface area contributed by atoms with Gasteiger partial charge >= 0.3 is 0 Å². The van der Waals surface area contributed by atoms with E-state index in [2.05, 4.69) is 17.4 Å². The summed E-state index contributed by atoms with van der Waals surface area (Å²) in [4.78, 5) is 40.8. The molecule has 0 aromatic heterocycles. The van der Waals surface area contributed by atoms with Gasteiger partial charge in [-0.05, 0) is 67.5 Å². The van der Waals surface area contributed by atoms with Crippen LogP contribution >= 0.6 is 11.8 Å². The number of carbonyl (C=O) groups is 3. The fourth-order valence-corrected chi connectivity index (χ4v) is 4.54. The van der Waals surface area contributed by atoms with Gasteiger partial charge in [-0.25, -0.2) is 0 Å². The molecule has 0 saturated carbocycles. The summed E-state index contributed by atoms with van der Waals surface area (Å²) in [7, 11) is 4.98. The molecule has 1 N–H and O–H groups in total. The number of amides is 3. The third-order valence-electron chi connectivity index (χ3n) is 5.50. The second-order valence-electron chi connectivity index (χ2n) is 8.12. The normalized spacial score (nSPS) is 14.6. The summed E-state index contributed by atoms with van der Waals surface area (Å²) in [5.41, 5.74) is 2.00. The zero-order chi connectivity index (χ0) is 25.2. The minimum absolute atomic E-state index is 0.122. The molecule has 1 aliphatic heterocycles. The fourth-order valence-electron chi connectivity index (χ4n) is 3.67. The zero-order valence-electron chi connectivity index (χ0n) is 20.3. The number of methoxy groups -OCH3 is 2. The second kappa shape index (κ2) is 13.0. The van der Waals surface area contributed by atoms with Crippen LogP contribution in [-0.4, -0.2) is 74.3 Å². The van der Waals surface area contributed by atoms with Gasteiger partial charge in [0.2, 0.25) is 5.91 Å². The van der Waals surface area contributed by atoms with E-state index in [0.717, 1.165) is 41.6 Å². The molecule has 1 aliphatic rings. The Balaban J connectivity index is 1.43. The first-order valence-electron chi connectivity index (χ1n) is 11.4. The number of nitrogens with one attached hydrogen (secondary N) is 1. The van der Waals surface area contributed by atoms with Crippen molar-refractivity contribution in [3.05, 3.63) is 64.6 Å². The molecule has 0 unspecified atom stereocenters. The number of imide groups is 1. The minimum Gasteiger partial charge on any atom is -0.493 e. The van der Waals surface area contributed by atoms with E-state index in [1.54, 1.807) is 31.4 Å². The van der Waals surface area contributed by atoms with E-state index in [4.69, 9.17) is 9.47 Å². The number of hydrogen-bond acceptors (Lipinski definition) is 7. The quantitative estimate of drug-likeness (QED) is 0.450. The number of hydrogen-bond donors (Lipinski definition) is 1. The number of benzene rings is 2. The van der Waals surface area contributed by atoms with Crippen LogP contribution in [0.3, 0.4) is 0 Å². The predicted molar refractivity (Wildman–Crippen MR) is 137 cm³/mol. The molecule has 2 aromatic rings. The van der Waals surface area contributed by atoms with Gasteiger partial charge in [0.25, 0.3) is 11.1 Å². The summed E-state index contributed by atoms with van der Waals surface area (Å²) < 4.78 is 10.5. The van der Waals surface area contributed by atoms with Crippen molar-refractivity contribution in [1.82, 2.24) is 15.1 Å². The van der Waals surface area contributed by atoms with Crippen LogP contribution in [0.2, 0.25) is 0 Å². The molecule has 186 valence electrons. The van der Waals surface area contributed by atoms with Gasteiger partial charge in [-0.1, -0.05) is 36.4 Å². The number of thioether (sulfide) groups is 1. The third kappa shape index (κ3) is 7.60. The Labute approximate surface area is 210 Å². The van der Waals surface area contributed by atoms with Crippen molar-refractivity contribution in [2.75, 3.05) is 47.4 Å². The maximum Gasteiger partial charge on any atom is 0.293 e. The summed E-state index contributed by atoms with van der Waals surface area (Å²) >= 11 is 0.882. The van der Waals surface area contributed by atoms with Crippen molar-refractivity contribution in [2.45, 2.75) is 12.8 Å². The lowest BCUT2D eigenvalue weighted by Crippen LogP contribution is -2.41. The molecule has 0 spiro atoms. The highest BCUT2D eigenvalue weighted by molar-refractivity contribution is 8.18. The number of ether oxygens (including phenoxy) is 2. The molecule has 0 atom stereocenters. The molecule has 3 amide bonds. The molecular weight excluding hydrogens is 466 g/mol. The Morgan fingerprint density at radius 1 is 1.09 bits per heavy atom. The highest BCUT2D eigenvalue weighted by Gasteiger charge is 2.34. The summed E-state index contributed by atoms with van der Waals surface area (Å²) in [6, 6.07) is 15.5. The topological polar surface area (TPSA) is 88.2 Å². The van der Waals surface area contributed by atoms with E-state index < -0.39 is 0 Å². The highest BCUT2D eigenvalue weighted by Crippen LogP contribution is 2.34. The van der Waals surface area contributed by atoms with Crippen molar-refractivity contribution in [2.24, 2.45) is 0 Å². The van der Waals surface area contributed by atoms with E-state index in [1.807, 2.05) is 30.1 Å². The molecule has 1 heterocycles. The minimum atomic E-state index is -0.373. The number of nitrogens with zero attached hydrogens (tertiary/aromatic N) is 2. The van der Waals surface area contributed by atoms with E-state index in [-0.39, 0.29) is 36.7 Å². The SMILES string of the molecule is COc1ccc(/C=C2\SC(=O)N(CCNC(=O)CN(C)CCCc3ccccc3)C2=O)cc1OC. The van der Waals surface area contributed by atoms with Gasteiger partial charge in [0.05, 0.1) is 25.7 Å². The van der Waals surface area contributed by atoms with E-state index in [9.17, 15) is 14.4 Å². The Morgan fingerprint density at radius 3 is 2.54 bits per heavy atom. The highest BCUT2D eigenvalue weighted by atomic mass is 32.2. The first-order chi connectivity index (χ1) is 16.9. The van der Waals surface area contributed by atoms with Crippen molar-refractivity contribution in [1.29, 1.82) is 0 Å². The Morgan fingerprint density at radius 2 is 1.83 bits per heavy atom. The van der Waals surface area contributed by atoms with Crippen LogP contribution in [0.1, 0.15) is 17.5 Å². The maximum atomic E-state index is 12.7. The fraction of sp³-hybridized carbons (Fsp3) is 0.346. The van der Waals surface area contributed by atoms with Crippen LogP contribution < -0.4 is 14.8 Å². The molecule has 2 aromatic carbocycles. The second-order valence-corrected chi connectivity index (χ2v) is 9.12. The number of likely N-dealkylation sites (N-methyl/N-ethyl adjacent to an activating group) is 1. The summed E-state index contributed by atoms with van der Waals surface area (Å²) in [5, 5.41) is 2.44. The molecule has 9 heteroatoms. The van der Waals surface area contributed by atoms with Crippen molar-refractivity contribution >= 4 is 34.9 Å². The molecule has 3 rings (SSSR count). The Hall–Kier alpha value is -3.30. The summed E-state index contributed by atoms with van der Waals surface area (Å²) in [6.07, 6.45) is 3.57. The van der Waals surface area contributed by atoms with Crippen molar-refractivity contribution in [3.63, 3.8) is 0 Å². The standard InChI is InChI=1S/C26H31N3O5S/c1-28(14-7-10-19-8-5-4-6-9-19)18-24(30)27-13-15-29-25(31)23(35-26(29)32)17-20-11-12-21(33-2)22(16-20)34-3/h4-6,8-9,11-12,16-17H,7,10,13-15,18H2,1-3H3,(H,27,30)/b23-17-. The van der Waals surface area contributed by atoms with Crippen LogP contribution in [0.25, 0.3) is 6.08 Å². The van der Waals surface area contributed by atoms with Gasteiger partial charge in [0.15, 0.2) is 11.5 Å². The Bertz CT molecular complexity index is 1070. The maximum absolute atomic E-state index is 12.7. The number of rotatable bonds is 12. The van der Waals surface area contributed by atoms with Gasteiger partial charge in [-0.3, -0.25) is 24.2 Å². The monoisotopic (exact) mass is 497 g/mol. The lowest BCUT2D eigenvalue weighted by Gasteiger charge is -2.17. The first-order valence-corrected chi connectivity index (χ1v) is 12.2. The molecular formula is C26H31N3O5S. The van der Waals surface area contributed by atoms with E-state index in [0.29, 0.717) is 16.4 Å². The number of aryl methyl sites for hydroxylation is 1. The smallest absolute Gasteiger partial charge is 0.293 e. The lowest BCUT2D eigenvalue weighted by molar-refractivity contribution is -0.124. The molecule has 0 radical (unpaired) electrons. The largest absolute Gasteiger partial charge is 0.493 e. The van der Waals surface area contributed by atoms with Gasteiger partial charge in [-0.2, -0.15) is 0 Å². The number of carbonyl (C=O) groups excluding carboxylic acids is 3. The van der Waals surface area contributed by atoms with Crippen molar-refractivity contribution in [3.8, 4) is 11.5 Å². The van der Waals surface area contributed by atoms with Gasteiger partial charge < -0.3 is 14.8 Å². The predicted octanol–water partition coefficient (Wildman–Crippen LogP) is 3.42. The average molecular weight is 498 g/mol. The van der Waals surface area contributed by atoms with E-state index >= 15 is 0 Å². The summed E-state index contributed by atoms with van der Waals surface area (Å²) in [6.45, 7) is 1.39. The molecule has 1 saturated heterocycles. The molecule has 1 fully saturated rings. The van der Waals surface area contributed by atoms with Gasteiger partial charge in [-0.15, -0.1) is 0 Å².